The minimum atomic E-state index is 0.334. The molecule has 2 saturated heterocycles. The van der Waals surface area contributed by atoms with Crippen molar-refractivity contribution in [2.45, 2.75) is 33.1 Å². The van der Waals surface area contributed by atoms with Crippen LogP contribution in [0.3, 0.4) is 0 Å². The van der Waals surface area contributed by atoms with Crippen molar-refractivity contribution < 1.29 is 4.79 Å². The highest BCUT2D eigenvalue weighted by Crippen LogP contribution is 2.36. The lowest BCUT2D eigenvalue weighted by Crippen LogP contribution is -2.48. The van der Waals surface area contributed by atoms with Crippen LogP contribution in [-0.2, 0) is 4.79 Å². The van der Waals surface area contributed by atoms with Crippen LogP contribution < -0.4 is 5.32 Å². The molecule has 0 bridgehead atoms. The number of hydrogen-bond acceptors (Lipinski definition) is 3. The summed E-state index contributed by atoms with van der Waals surface area (Å²) in [5.74, 6) is 0.334. The number of carbonyl (C=O) groups excluding carboxylic acids is 1. The maximum absolute atomic E-state index is 12.3. The Bertz CT molecular complexity index is 283. The fourth-order valence-electron chi connectivity index (χ4n) is 3.14. The summed E-state index contributed by atoms with van der Waals surface area (Å²) in [7, 11) is 0. The van der Waals surface area contributed by atoms with Gasteiger partial charge in [0.1, 0.15) is 0 Å². The first-order valence-electron chi connectivity index (χ1n) is 7.40. The first-order valence-corrected chi connectivity index (χ1v) is 7.40. The topological polar surface area (TPSA) is 35.6 Å². The van der Waals surface area contributed by atoms with Crippen LogP contribution in [-0.4, -0.2) is 61.5 Å². The molecule has 2 aliphatic heterocycles. The van der Waals surface area contributed by atoms with Crippen molar-refractivity contribution >= 4 is 5.91 Å². The Hall–Kier alpha value is -0.610. The second-order valence-corrected chi connectivity index (χ2v) is 5.80. The van der Waals surface area contributed by atoms with Gasteiger partial charge in [0.25, 0.3) is 0 Å². The quantitative estimate of drug-likeness (QED) is 0.809. The maximum Gasteiger partial charge on any atom is 0.236 e. The Kier molecular flexibility index (Phi) is 4.62. The summed E-state index contributed by atoms with van der Waals surface area (Å²) >= 11 is 0. The largest absolute Gasteiger partial charge is 0.341 e. The zero-order valence-electron chi connectivity index (χ0n) is 11.9. The number of amides is 1. The van der Waals surface area contributed by atoms with Crippen molar-refractivity contribution in [2.75, 3.05) is 45.8 Å². The van der Waals surface area contributed by atoms with Gasteiger partial charge in [0, 0.05) is 39.3 Å². The maximum atomic E-state index is 12.3. The van der Waals surface area contributed by atoms with E-state index in [-0.39, 0.29) is 0 Å². The second kappa shape index (κ2) is 6.02. The van der Waals surface area contributed by atoms with Crippen LogP contribution in [0.5, 0.6) is 0 Å². The van der Waals surface area contributed by atoms with Crippen LogP contribution in [0.15, 0.2) is 0 Å². The fraction of sp³-hybridized carbons (Fsp3) is 0.929. The summed E-state index contributed by atoms with van der Waals surface area (Å²) in [5, 5.41) is 3.32. The summed E-state index contributed by atoms with van der Waals surface area (Å²) in [6.45, 7) is 11.1. The number of nitrogens with one attached hydrogen (secondary N) is 1. The molecule has 0 aliphatic carbocycles. The minimum absolute atomic E-state index is 0.334. The number of nitrogens with zero attached hydrogens (tertiary/aromatic N) is 2. The third-order valence-corrected chi connectivity index (χ3v) is 4.86. The predicted octanol–water partition coefficient (Wildman–Crippen LogP) is 0.930. The molecule has 0 radical (unpaired) electrons. The van der Waals surface area contributed by atoms with E-state index in [2.05, 4.69) is 29.0 Å². The average Bonchev–Trinajstić information content (AvgIpc) is 2.85. The van der Waals surface area contributed by atoms with Gasteiger partial charge < -0.3 is 10.2 Å². The van der Waals surface area contributed by atoms with E-state index >= 15 is 0 Å². The molecule has 0 atom stereocenters. The van der Waals surface area contributed by atoms with Gasteiger partial charge in [-0.05, 0) is 24.7 Å². The van der Waals surface area contributed by atoms with Crippen LogP contribution in [0, 0.1) is 5.41 Å². The Morgan fingerprint density at radius 3 is 2.39 bits per heavy atom. The zero-order chi connectivity index (χ0) is 13.0. The highest BCUT2D eigenvalue weighted by Gasteiger charge is 2.37. The average molecular weight is 253 g/mol. The van der Waals surface area contributed by atoms with Gasteiger partial charge in [-0.1, -0.05) is 13.8 Å². The van der Waals surface area contributed by atoms with Gasteiger partial charge in [0.2, 0.25) is 5.91 Å². The SMILES string of the molecule is CCC1(CC)CCN(C(=O)CN2CCNCC2)C1. The number of hydrogen-bond donors (Lipinski definition) is 1. The number of rotatable bonds is 4. The Morgan fingerprint density at radius 2 is 1.83 bits per heavy atom. The molecular formula is C14H27N3O. The third kappa shape index (κ3) is 3.04. The summed E-state index contributed by atoms with van der Waals surface area (Å²) in [6, 6.07) is 0. The smallest absolute Gasteiger partial charge is 0.236 e. The van der Waals surface area contributed by atoms with Crippen molar-refractivity contribution in [3.8, 4) is 0 Å². The lowest BCUT2D eigenvalue weighted by molar-refractivity contribution is -0.132. The van der Waals surface area contributed by atoms with E-state index in [4.69, 9.17) is 0 Å². The van der Waals surface area contributed by atoms with Crippen LogP contribution in [0.2, 0.25) is 0 Å². The lowest BCUT2D eigenvalue weighted by Gasteiger charge is -2.30. The molecule has 0 saturated carbocycles. The normalized spacial score (nSPS) is 24.4. The van der Waals surface area contributed by atoms with Crippen molar-refractivity contribution in [1.29, 1.82) is 0 Å². The molecule has 0 aromatic carbocycles. The van der Waals surface area contributed by atoms with Crippen molar-refractivity contribution in [1.82, 2.24) is 15.1 Å². The summed E-state index contributed by atoms with van der Waals surface area (Å²) in [5.41, 5.74) is 0.402. The first kappa shape index (κ1) is 13.8. The molecule has 0 aromatic heterocycles. The van der Waals surface area contributed by atoms with Crippen molar-refractivity contribution in [3.63, 3.8) is 0 Å². The van der Waals surface area contributed by atoms with Crippen molar-refractivity contribution in [2.24, 2.45) is 5.41 Å². The monoisotopic (exact) mass is 253 g/mol. The third-order valence-electron chi connectivity index (χ3n) is 4.86. The Balaban J connectivity index is 1.83. The van der Waals surface area contributed by atoms with E-state index < -0.39 is 0 Å². The molecule has 0 aromatic rings. The number of piperazine rings is 1. The summed E-state index contributed by atoms with van der Waals surface area (Å²) < 4.78 is 0. The van der Waals surface area contributed by atoms with Gasteiger partial charge in [-0.2, -0.15) is 0 Å². The Morgan fingerprint density at radius 1 is 1.17 bits per heavy atom. The molecule has 1 amide bonds. The van der Waals surface area contributed by atoms with Gasteiger partial charge in [0.15, 0.2) is 0 Å². The van der Waals surface area contributed by atoms with Crippen LogP contribution in [0.4, 0.5) is 0 Å². The van der Waals surface area contributed by atoms with Crippen LogP contribution in [0.25, 0.3) is 0 Å². The number of carbonyl (C=O) groups is 1. The van der Waals surface area contributed by atoms with E-state index in [0.29, 0.717) is 17.9 Å². The zero-order valence-corrected chi connectivity index (χ0v) is 11.9. The van der Waals surface area contributed by atoms with Gasteiger partial charge in [-0.15, -0.1) is 0 Å². The fourth-order valence-corrected chi connectivity index (χ4v) is 3.14. The first-order chi connectivity index (χ1) is 8.69. The molecule has 104 valence electrons. The second-order valence-electron chi connectivity index (χ2n) is 5.80. The molecule has 2 heterocycles. The molecule has 1 N–H and O–H groups in total. The molecule has 4 heteroatoms. The van der Waals surface area contributed by atoms with Gasteiger partial charge in [-0.25, -0.2) is 0 Å². The standard InChI is InChI=1S/C14H27N3O/c1-3-14(4-2)5-8-17(12-14)13(18)11-16-9-6-15-7-10-16/h15H,3-12H2,1-2H3. The highest BCUT2D eigenvalue weighted by atomic mass is 16.2. The molecule has 18 heavy (non-hydrogen) atoms. The van der Waals surface area contributed by atoms with Crippen LogP contribution in [0.1, 0.15) is 33.1 Å². The molecule has 2 rings (SSSR count). The van der Waals surface area contributed by atoms with Crippen LogP contribution >= 0.6 is 0 Å². The van der Waals surface area contributed by atoms with E-state index in [1.54, 1.807) is 0 Å². The molecule has 2 aliphatic rings. The molecule has 0 unspecified atom stereocenters. The predicted molar refractivity (Wildman–Crippen MR) is 73.5 cm³/mol. The molecule has 4 nitrogen and oxygen atoms in total. The Labute approximate surface area is 111 Å². The summed E-state index contributed by atoms with van der Waals surface area (Å²) in [6.07, 6.45) is 3.58. The van der Waals surface area contributed by atoms with E-state index in [0.717, 1.165) is 39.3 Å². The summed E-state index contributed by atoms with van der Waals surface area (Å²) in [4.78, 5) is 16.7. The van der Waals surface area contributed by atoms with E-state index in [1.165, 1.54) is 19.3 Å². The lowest BCUT2D eigenvalue weighted by atomic mass is 9.82. The molecular weight excluding hydrogens is 226 g/mol. The number of likely N-dealkylation sites (tertiary alicyclic amines) is 1. The minimum Gasteiger partial charge on any atom is -0.341 e. The van der Waals surface area contributed by atoms with E-state index in [9.17, 15) is 4.79 Å². The molecule has 2 fully saturated rings. The van der Waals surface area contributed by atoms with E-state index in [1.807, 2.05) is 0 Å². The molecule has 0 spiro atoms. The highest BCUT2D eigenvalue weighted by molar-refractivity contribution is 5.78. The van der Waals surface area contributed by atoms with Gasteiger partial charge >= 0.3 is 0 Å². The van der Waals surface area contributed by atoms with Gasteiger partial charge in [-0.3, -0.25) is 9.69 Å². The van der Waals surface area contributed by atoms with Crippen molar-refractivity contribution in [3.05, 3.63) is 0 Å². The van der Waals surface area contributed by atoms with Gasteiger partial charge in [0.05, 0.1) is 6.54 Å².